The summed E-state index contributed by atoms with van der Waals surface area (Å²) >= 11 is 0. The summed E-state index contributed by atoms with van der Waals surface area (Å²) in [6, 6.07) is 7.01. The van der Waals surface area contributed by atoms with Gasteiger partial charge in [-0.15, -0.1) is 0 Å². The summed E-state index contributed by atoms with van der Waals surface area (Å²) in [6.07, 6.45) is 1.09. The molecule has 1 saturated carbocycles. The maximum Gasteiger partial charge on any atom is 0.242 e. The zero-order valence-corrected chi connectivity index (χ0v) is 12.5. The summed E-state index contributed by atoms with van der Waals surface area (Å²) in [4.78, 5) is 0.329. The van der Waals surface area contributed by atoms with E-state index >= 15 is 0 Å². The number of para-hydroxylation sites is 1. The van der Waals surface area contributed by atoms with Crippen LogP contribution in [0.1, 0.15) is 27.2 Å². The molecular weight excluding hydrogens is 260 g/mol. The van der Waals surface area contributed by atoms with Crippen LogP contribution in [0.4, 0.5) is 5.69 Å². The largest absolute Gasteiger partial charge is 0.384 e. The van der Waals surface area contributed by atoms with Gasteiger partial charge in [-0.2, -0.15) is 0 Å². The molecule has 0 saturated heterocycles. The van der Waals surface area contributed by atoms with E-state index in [2.05, 4.69) is 23.9 Å². The standard InChI is InChI=1S/C14H22N2O2S/c1-4-15-12-7-5-6-8-13(12)19(17,18)16-10-11-9-14(11,2)3/h5-8,11,15-16H,4,9-10H2,1-3H3. The molecule has 0 amide bonds. The van der Waals surface area contributed by atoms with E-state index in [1.165, 1.54) is 0 Å². The van der Waals surface area contributed by atoms with Gasteiger partial charge in [0, 0.05) is 13.1 Å². The summed E-state index contributed by atoms with van der Waals surface area (Å²) < 4.78 is 27.4. The SMILES string of the molecule is CCNc1ccccc1S(=O)(=O)NCC1CC1(C)C. The van der Waals surface area contributed by atoms with Crippen molar-refractivity contribution in [1.82, 2.24) is 4.72 Å². The van der Waals surface area contributed by atoms with Crippen LogP contribution in [-0.2, 0) is 10.0 Å². The molecule has 0 spiro atoms. The minimum atomic E-state index is -3.43. The van der Waals surface area contributed by atoms with Crippen molar-refractivity contribution in [3.63, 3.8) is 0 Å². The average Bonchev–Trinajstić information content (AvgIpc) is 2.96. The number of nitrogens with one attached hydrogen (secondary N) is 2. The lowest BCUT2D eigenvalue weighted by Crippen LogP contribution is -2.27. The molecule has 1 aromatic carbocycles. The van der Waals surface area contributed by atoms with E-state index in [0.717, 1.165) is 6.42 Å². The predicted molar refractivity (Wildman–Crippen MR) is 77.7 cm³/mol. The lowest BCUT2D eigenvalue weighted by molar-refractivity contribution is 0.537. The van der Waals surface area contributed by atoms with Crippen molar-refractivity contribution in [2.75, 3.05) is 18.4 Å². The van der Waals surface area contributed by atoms with Gasteiger partial charge in [0.05, 0.1) is 5.69 Å². The fourth-order valence-electron chi connectivity index (χ4n) is 2.25. The van der Waals surface area contributed by atoms with Gasteiger partial charge in [-0.1, -0.05) is 26.0 Å². The van der Waals surface area contributed by atoms with E-state index in [-0.39, 0.29) is 5.41 Å². The highest BCUT2D eigenvalue weighted by Gasteiger charge is 2.45. The summed E-state index contributed by atoms with van der Waals surface area (Å²) in [6.45, 7) is 7.50. The van der Waals surface area contributed by atoms with Gasteiger partial charge in [0.2, 0.25) is 10.0 Å². The van der Waals surface area contributed by atoms with Gasteiger partial charge >= 0.3 is 0 Å². The second kappa shape index (κ2) is 5.13. The molecule has 1 aliphatic rings. The summed E-state index contributed by atoms with van der Waals surface area (Å²) in [5, 5.41) is 3.08. The molecule has 106 valence electrons. The third kappa shape index (κ3) is 3.28. The minimum absolute atomic E-state index is 0.281. The first kappa shape index (κ1) is 14.3. The van der Waals surface area contributed by atoms with E-state index in [1.54, 1.807) is 18.2 Å². The maximum absolute atomic E-state index is 12.3. The summed E-state index contributed by atoms with van der Waals surface area (Å²) in [5.74, 6) is 0.452. The molecule has 1 fully saturated rings. The monoisotopic (exact) mass is 282 g/mol. The van der Waals surface area contributed by atoms with Gasteiger partial charge in [-0.3, -0.25) is 0 Å². The molecule has 1 aliphatic carbocycles. The van der Waals surface area contributed by atoms with Crippen molar-refractivity contribution in [2.45, 2.75) is 32.1 Å². The Bertz CT molecular complexity index is 552. The number of rotatable bonds is 6. The van der Waals surface area contributed by atoms with Gasteiger partial charge in [-0.25, -0.2) is 13.1 Å². The van der Waals surface area contributed by atoms with Crippen LogP contribution in [0, 0.1) is 11.3 Å². The Morgan fingerprint density at radius 3 is 2.53 bits per heavy atom. The molecule has 1 unspecified atom stereocenters. The molecule has 2 rings (SSSR count). The number of benzene rings is 1. The Labute approximate surface area is 115 Å². The van der Waals surface area contributed by atoms with E-state index in [9.17, 15) is 8.42 Å². The first-order valence-electron chi connectivity index (χ1n) is 6.69. The third-order valence-electron chi connectivity index (χ3n) is 3.78. The van der Waals surface area contributed by atoms with E-state index < -0.39 is 10.0 Å². The van der Waals surface area contributed by atoms with Gasteiger partial charge in [-0.05, 0) is 36.8 Å². The Morgan fingerprint density at radius 2 is 1.95 bits per heavy atom. The highest BCUT2D eigenvalue weighted by molar-refractivity contribution is 7.89. The van der Waals surface area contributed by atoms with Gasteiger partial charge in [0.25, 0.3) is 0 Å². The van der Waals surface area contributed by atoms with E-state index in [0.29, 0.717) is 29.6 Å². The van der Waals surface area contributed by atoms with Crippen LogP contribution in [0.15, 0.2) is 29.2 Å². The fraction of sp³-hybridized carbons (Fsp3) is 0.571. The van der Waals surface area contributed by atoms with Crippen LogP contribution >= 0.6 is 0 Å². The van der Waals surface area contributed by atoms with Crippen molar-refractivity contribution in [1.29, 1.82) is 0 Å². The molecule has 0 bridgehead atoms. The van der Waals surface area contributed by atoms with Crippen molar-refractivity contribution in [2.24, 2.45) is 11.3 Å². The second-order valence-electron chi connectivity index (χ2n) is 5.77. The van der Waals surface area contributed by atoms with Crippen LogP contribution in [0.2, 0.25) is 0 Å². The van der Waals surface area contributed by atoms with Crippen LogP contribution in [-0.4, -0.2) is 21.5 Å². The topological polar surface area (TPSA) is 58.2 Å². The maximum atomic E-state index is 12.3. The molecule has 0 radical (unpaired) electrons. The first-order chi connectivity index (χ1) is 8.87. The van der Waals surface area contributed by atoms with Gasteiger partial charge in [0.15, 0.2) is 0 Å². The molecule has 5 heteroatoms. The van der Waals surface area contributed by atoms with Gasteiger partial charge in [0.1, 0.15) is 4.90 Å². The predicted octanol–water partition coefficient (Wildman–Crippen LogP) is 2.44. The molecule has 1 aromatic rings. The first-order valence-corrected chi connectivity index (χ1v) is 8.18. The molecule has 0 aliphatic heterocycles. The van der Waals surface area contributed by atoms with E-state index in [1.807, 2.05) is 13.0 Å². The second-order valence-corrected chi connectivity index (χ2v) is 7.50. The van der Waals surface area contributed by atoms with Crippen molar-refractivity contribution < 1.29 is 8.42 Å². The van der Waals surface area contributed by atoms with Crippen LogP contribution in [0.3, 0.4) is 0 Å². The molecule has 4 nitrogen and oxygen atoms in total. The number of anilines is 1. The smallest absolute Gasteiger partial charge is 0.242 e. The summed E-state index contributed by atoms with van der Waals surface area (Å²) in [5.41, 5.74) is 0.941. The van der Waals surface area contributed by atoms with Crippen LogP contribution < -0.4 is 10.0 Å². The highest BCUT2D eigenvalue weighted by Crippen LogP contribution is 2.51. The number of sulfonamides is 1. The lowest BCUT2D eigenvalue weighted by atomic mass is 10.1. The minimum Gasteiger partial charge on any atom is -0.384 e. The Balaban J connectivity index is 2.11. The zero-order chi connectivity index (χ0) is 14.1. The molecule has 2 N–H and O–H groups in total. The molecule has 0 heterocycles. The Morgan fingerprint density at radius 1 is 1.32 bits per heavy atom. The number of hydrogen-bond donors (Lipinski definition) is 2. The van der Waals surface area contributed by atoms with Crippen LogP contribution in [0.5, 0.6) is 0 Å². The van der Waals surface area contributed by atoms with E-state index in [4.69, 9.17) is 0 Å². The van der Waals surface area contributed by atoms with Gasteiger partial charge < -0.3 is 5.32 Å². The summed E-state index contributed by atoms with van der Waals surface area (Å²) in [7, 11) is -3.43. The molecule has 1 atom stereocenters. The zero-order valence-electron chi connectivity index (χ0n) is 11.7. The lowest BCUT2D eigenvalue weighted by Gasteiger charge is -2.12. The Kier molecular flexibility index (Phi) is 3.87. The van der Waals surface area contributed by atoms with Crippen molar-refractivity contribution in [3.05, 3.63) is 24.3 Å². The van der Waals surface area contributed by atoms with Crippen molar-refractivity contribution in [3.8, 4) is 0 Å². The molecular formula is C14H22N2O2S. The molecule has 19 heavy (non-hydrogen) atoms. The van der Waals surface area contributed by atoms with Crippen LogP contribution in [0.25, 0.3) is 0 Å². The quantitative estimate of drug-likeness (QED) is 0.842. The third-order valence-corrected chi connectivity index (χ3v) is 5.26. The molecule has 0 aromatic heterocycles. The number of hydrogen-bond acceptors (Lipinski definition) is 3. The Hall–Kier alpha value is -1.07. The normalized spacial score (nSPS) is 21.1. The fourth-order valence-corrected chi connectivity index (χ4v) is 3.51. The van der Waals surface area contributed by atoms with Crippen molar-refractivity contribution >= 4 is 15.7 Å². The highest BCUT2D eigenvalue weighted by atomic mass is 32.2. The average molecular weight is 282 g/mol.